The van der Waals surface area contributed by atoms with E-state index in [1.54, 1.807) is 0 Å². The van der Waals surface area contributed by atoms with Gasteiger partial charge >= 0.3 is 0 Å². The van der Waals surface area contributed by atoms with Gasteiger partial charge in [-0.1, -0.05) is 146 Å². The average molecular weight is 664 g/mol. The lowest BCUT2D eigenvalue weighted by Crippen LogP contribution is -2.11. The number of nitrogens with zero attached hydrogens (tertiary/aromatic N) is 1. The fraction of sp³-hybridized carbons (Fsp3) is 0. The van der Waals surface area contributed by atoms with Gasteiger partial charge in [-0.05, 0) is 104 Å². The summed E-state index contributed by atoms with van der Waals surface area (Å²) in [6.45, 7) is 0. The molecule has 0 aliphatic rings. The first-order valence-electron chi connectivity index (χ1n) is 17.8. The first-order valence-corrected chi connectivity index (χ1v) is 17.8. The van der Waals surface area contributed by atoms with Crippen LogP contribution in [0.15, 0.2) is 205 Å². The second-order valence-corrected chi connectivity index (χ2v) is 13.3. The van der Waals surface area contributed by atoms with Crippen molar-refractivity contribution in [1.29, 1.82) is 0 Å². The van der Waals surface area contributed by atoms with E-state index in [1.165, 1.54) is 43.8 Å². The van der Waals surface area contributed by atoms with Gasteiger partial charge in [0.2, 0.25) is 0 Å². The van der Waals surface area contributed by atoms with Gasteiger partial charge in [-0.25, -0.2) is 0 Å². The molecule has 0 N–H and O–H groups in total. The number of benzene rings is 9. The third kappa shape index (κ3) is 5.04. The van der Waals surface area contributed by atoms with Gasteiger partial charge in [-0.3, -0.25) is 0 Å². The summed E-state index contributed by atoms with van der Waals surface area (Å²) in [6.07, 6.45) is 0. The predicted molar refractivity (Wildman–Crippen MR) is 220 cm³/mol. The van der Waals surface area contributed by atoms with Crippen LogP contribution in [-0.4, -0.2) is 0 Å². The molecule has 0 aliphatic heterocycles. The van der Waals surface area contributed by atoms with E-state index in [2.05, 4.69) is 193 Å². The number of fused-ring (bicyclic) bond motifs is 6. The van der Waals surface area contributed by atoms with E-state index in [9.17, 15) is 0 Å². The summed E-state index contributed by atoms with van der Waals surface area (Å²) in [5.74, 6) is 0. The van der Waals surface area contributed by atoms with Crippen LogP contribution in [0, 0.1) is 0 Å². The zero-order valence-electron chi connectivity index (χ0n) is 28.4. The molecular formula is C50H33NO. The Kier molecular flexibility index (Phi) is 7.18. The van der Waals surface area contributed by atoms with Crippen molar-refractivity contribution < 1.29 is 4.42 Å². The minimum atomic E-state index is 0.886. The molecule has 0 aliphatic carbocycles. The monoisotopic (exact) mass is 663 g/mol. The summed E-state index contributed by atoms with van der Waals surface area (Å²) < 4.78 is 6.32. The van der Waals surface area contributed by atoms with Gasteiger partial charge in [0.15, 0.2) is 0 Å². The summed E-state index contributed by atoms with van der Waals surface area (Å²) in [7, 11) is 0. The summed E-state index contributed by atoms with van der Waals surface area (Å²) in [5.41, 5.74) is 12.1. The third-order valence-electron chi connectivity index (χ3n) is 10.3. The van der Waals surface area contributed by atoms with E-state index in [0.29, 0.717) is 0 Å². The van der Waals surface area contributed by atoms with E-state index in [4.69, 9.17) is 4.42 Å². The largest absolute Gasteiger partial charge is 0.456 e. The summed E-state index contributed by atoms with van der Waals surface area (Å²) >= 11 is 0. The van der Waals surface area contributed by atoms with Crippen molar-refractivity contribution in [3.05, 3.63) is 200 Å². The lowest BCUT2D eigenvalue weighted by Gasteiger charge is -2.29. The molecule has 1 aromatic heterocycles. The van der Waals surface area contributed by atoms with Crippen LogP contribution < -0.4 is 4.90 Å². The zero-order valence-corrected chi connectivity index (χ0v) is 28.4. The molecule has 0 spiro atoms. The highest BCUT2D eigenvalue weighted by Crippen LogP contribution is 2.48. The summed E-state index contributed by atoms with van der Waals surface area (Å²) in [5, 5.41) is 7.18. The molecule has 0 amide bonds. The Hall–Kier alpha value is -6.90. The highest BCUT2D eigenvalue weighted by atomic mass is 16.3. The molecule has 244 valence electrons. The van der Waals surface area contributed by atoms with Gasteiger partial charge in [-0.2, -0.15) is 0 Å². The highest BCUT2D eigenvalue weighted by Gasteiger charge is 2.23. The Morgan fingerprint density at radius 1 is 0.327 bits per heavy atom. The SMILES string of the molecule is c1ccc(-c2ccc(N(c3ccccc3)c3cccc(-c4cc5ccccc5c5ccccc45)c3-c3ccc4oc5ccccc5c4c3)cc2)cc1. The van der Waals surface area contributed by atoms with Crippen molar-refractivity contribution in [3.8, 4) is 33.4 Å². The standard InChI is InChI=1S/C50H33NO/c1-3-14-34(15-4-1)35-26-29-39(30-27-35)51(38-17-5-2-6-18-38)47-24-13-23-44(45-32-36-16-7-8-19-40(36)41-20-9-10-21-42(41)45)50(47)37-28-31-49-46(33-37)43-22-11-12-25-48(43)52-49/h1-33H. The van der Waals surface area contributed by atoms with Crippen molar-refractivity contribution in [1.82, 2.24) is 0 Å². The minimum absolute atomic E-state index is 0.886. The lowest BCUT2D eigenvalue weighted by atomic mass is 9.87. The maximum absolute atomic E-state index is 6.32. The van der Waals surface area contributed by atoms with E-state index >= 15 is 0 Å². The molecule has 0 bridgehead atoms. The van der Waals surface area contributed by atoms with Crippen LogP contribution in [0.5, 0.6) is 0 Å². The predicted octanol–water partition coefficient (Wildman–Crippen LogP) is 14.4. The molecule has 9 aromatic carbocycles. The molecule has 1 heterocycles. The molecule has 10 aromatic rings. The normalized spacial score (nSPS) is 11.5. The number of hydrogen-bond acceptors (Lipinski definition) is 2. The Morgan fingerprint density at radius 3 is 1.73 bits per heavy atom. The number of furan rings is 1. The molecule has 0 fully saturated rings. The van der Waals surface area contributed by atoms with Gasteiger partial charge in [-0.15, -0.1) is 0 Å². The van der Waals surface area contributed by atoms with Crippen LogP contribution in [0.4, 0.5) is 17.1 Å². The van der Waals surface area contributed by atoms with Gasteiger partial charge in [0.05, 0.1) is 5.69 Å². The van der Waals surface area contributed by atoms with Crippen LogP contribution in [0.2, 0.25) is 0 Å². The van der Waals surface area contributed by atoms with Crippen LogP contribution in [-0.2, 0) is 0 Å². The fourth-order valence-corrected chi connectivity index (χ4v) is 7.85. The number of rotatable bonds is 6. The maximum atomic E-state index is 6.32. The van der Waals surface area contributed by atoms with Crippen molar-refractivity contribution in [3.63, 3.8) is 0 Å². The van der Waals surface area contributed by atoms with Crippen molar-refractivity contribution in [2.45, 2.75) is 0 Å². The van der Waals surface area contributed by atoms with E-state index in [0.717, 1.165) is 50.1 Å². The minimum Gasteiger partial charge on any atom is -0.456 e. The Morgan fingerprint density at radius 2 is 0.923 bits per heavy atom. The molecule has 10 rings (SSSR count). The Labute approximate surface area is 302 Å². The van der Waals surface area contributed by atoms with Crippen molar-refractivity contribution in [2.75, 3.05) is 4.90 Å². The number of hydrogen-bond donors (Lipinski definition) is 0. The van der Waals surface area contributed by atoms with E-state index < -0.39 is 0 Å². The average Bonchev–Trinajstić information content (AvgIpc) is 3.60. The molecule has 0 radical (unpaired) electrons. The highest BCUT2D eigenvalue weighted by molar-refractivity contribution is 6.16. The Bertz CT molecular complexity index is 2890. The van der Waals surface area contributed by atoms with Gasteiger partial charge < -0.3 is 9.32 Å². The second-order valence-electron chi connectivity index (χ2n) is 13.3. The van der Waals surface area contributed by atoms with Crippen LogP contribution in [0.3, 0.4) is 0 Å². The van der Waals surface area contributed by atoms with Crippen molar-refractivity contribution >= 4 is 60.5 Å². The molecule has 2 heteroatoms. The molecule has 52 heavy (non-hydrogen) atoms. The second kappa shape index (κ2) is 12.5. The molecule has 0 saturated heterocycles. The third-order valence-corrected chi connectivity index (χ3v) is 10.3. The Balaban J connectivity index is 1.28. The smallest absolute Gasteiger partial charge is 0.135 e. The first-order chi connectivity index (χ1) is 25.8. The molecule has 0 unspecified atom stereocenters. The van der Waals surface area contributed by atoms with Crippen molar-refractivity contribution in [2.24, 2.45) is 0 Å². The molecule has 2 nitrogen and oxygen atoms in total. The first kappa shape index (κ1) is 30.0. The summed E-state index contributed by atoms with van der Waals surface area (Å²) in [6, 6.07) is 71.8. The van der Waals surface area contributed by atoms with Crippen LogP contribution >= 0.6 is 0 Å². The topological polar surface area (TPSA) is 16.4 Å². The summed E-state index contributed by atoms with van der Waals surface area (Å²) in [4.78, 5) is 2.40. The lowest BCUT2D eigenvalue weighted by molar-refractivity contribution is 0.669. The van der Waals surface area contributed by atoms with Gasteiger partial charge in [0.25, 0.3) is 0 Å². The molecule has 0 atom stereocenters. The number of anilines is 3. The fourth-order valence-electron chi connectivity index (χ4n) is 7.85. The van der Waals surface area contributed by atoms with E-state index in [1.807, 2.05) is 12.1 Å². The zero-order chi connectivity index (χ0) is 34.4. The molecular weight excluding hydrogens is 631 g/mol. The maximum Gasteiger partial charge on any atom is 0.135 e. The van der Waals surface area contributed by atoms with Gasteiger partial charge in [0, 0.05) is 27.7 Å². The quantitative estimate of drug-likeness (QED) is 0.165. The van der Waals surface area contributed by atoms with Crippen LogP contribution in [0.1, 0.15) is 0 Å². The van der Waals surface area contributed by atoms with Gasteiger partial charge in [0.1, 0.15) is 11.2 Å². The van der Waals surface area contributed by atoms with E-state index in [-0.39, 0.29) is 0 Å². The number of para-hydroxylation sites is 2. The van der Waals surface area contributed by atoms with Crippen LogP contribution in [0.25, 0.3) is 76.9 Å². The molecule has 0 saturated carbocycles.